The molecule has 2 heteroatoms. The molecule has 22 heavy (non-hydrogen) atoms. The molecule has 1 saturated heterocycles. The molecule has 1 aliphatic rings. The van der Waals surface area contributed by atoms with Crippen LogP contribution in [0.3, 0.4) is 0 Å². The monoisotopic (exact) mass is 312 g/mol. The van der Waals surface area contributed by atoms with Gasteiger partial charge in [0.05, 0.1) is 6.10 Å². The summed E-state index contributed by atoms with van der Waals surface area (Å²) in [6.07, 6.45) is 21.4. The minimum Gasteiger partial charge on any atom is -0.347 e. The van der Waals surface area contributed by atoms with Crippen LogP contribution in [0.25, 0.3) is 0 Å². The van der Waals surface area contributed by atoms with Gasteiger partial charge in [-0.1, -0.05) is 97.3 Å². The van der Waals surface area contributed by atoms with Crippen molar-refractivity contribution >= 4 is 0 Å². The van der Waals surface area contributed by atoms with Crippen LogP contribution in [-0.4, -0.2) is 19.0 Å². The van der Waals surface area contributed by atoms with Crippen molar-refractivity contribution in [1.29, 1.82) is 0 Å². The van der Waals surface area contributed by atoms with E-state index in [2.05, 4.69) is 13.8 Å². The first kappa shape index (κ1) is 20.0. The van der Waals surface area contributed by atoms with Gasteiger partial charge in [-0.2, -0.15) is 0 Å². The number of hydrogen-bond acceptors (Lipinski definition) is 2. The number of epoxide rings is 1. The first-order chi connectivity index (χ1) is 10.9. The molecule has 2 unspecified atom stereocenters. The van der Waals surface area contributed by atoms with Crippen molar-refractivity contribution in [2.24, 2.45) is 0 Å². The van der Waals surface area contributed by atoms with Gasteiger partial charge < -0.3 is 9.47 Å². The molecule has 0 aromatic carbocycles. The Kier molecular flexibility index (Phi) is 13.2. The van der Waals surface area contributed by atoms with Gasteiger partial charge in [-0.25, -0.2) is 0 Å². The maximum absolute atomic E-state index is 5.80. The lowest BCUT2D eigenvalue weighted by molar-refractivity contribution is -0.0177. The Bertz CT molecular complexity index is 226. The van der Waals surface area contributed by atoms with Gasteiger partial charge in [-0.05, 0) is 12.8 Å². The molecule has 0 saturated carbocycles. The highest BCUT2D eigenvalue weighted by Gasteiger charge is 2.26. The molecule has 132 valence electrons. The first-order valence-electron chi connectivity index (χ1n) is 10.1. The van der Waals surface area contributed by atoms with Crippen LogP contribution in [0.1, 0.15) is 110 Å². The van der Waals surface area contributed by atoms with Crippen LogP contribution in [0, 0.1) is 0 Å². The molecule has 1 rings (SSSR count). The highest BCUT2D eigenvalue weighted by atomic mass is 16.8. The summed E-state index contributed by atoms with van der Waals surface area (Å²) >= 11 is 0. The third-order valence-electron chi connectivity index (χ3n) is 4.73. The number of ether oxygens (including phenoxy) is 2. The van der Waals surface area contributed by atoms with E-state index in [1.54, 1.807) is 0 Å². The third-order valence-corrected chi connectivity index (χ3v) is 4.73. The highest BCUT2D eigenvalue weighted by Crippen LogP contribution is 2.19. The predicted octanol–water partition coefficient (Wildman–Crippen LogP) is 6.62. The molecule has 1 aliphatic heterocycles. The molecule has 1 fully saturated rings. The van der Waals surface area contributed by atoms with Gasteiger partial charge >= 0.3 is 0 Å². The van der Waals surface area contributed by atoms with Crippen molar-refractivity contribution in [3.63, 3.8) is 0 Å². The summed E-state index contributed by atoms with van der Waals surface area (Å²) in [5, 5.41) is 0. The van der Waals surface area contributed by atoms with Gasteiger partial charge in [-0.15, -0.1) is 0 Å². The SMILES string of the molecule is CCCCCCCCCCCCCCCC(CC)OC1CO1. The summed E-state index contributed by atoms with van der Waals surface area (Å²) < 4.78 is 10.9. The smallest absolute Gasteiger partial charge is 0.181 e. The Balaban J connectivity index is 1.72. The van der Waals surface area contributed by atoms with Gasteiger partial charge in [0.1, 0.15) is 6.61 Å². The summed E-state index contributed by atoms with van der Waals surface area (Å²) in [7, 11) is 0. The van der Waals surface area contributed by atoms with Crippen molar-refractivity contribution in [3.05, 3.63) is 0 Å². The van der Waals surface area contributed by atoms with Crippen molar-refractivity contribution in [3.8, 4) is 0 Å². The van der Waals surface area contributed by atoms with E-state index in [0.717, 1.165) is 13.0 Å². The topological polar surface area (TPSA) is 21.8 Å². The van der Waals surface area contributed by atoms with E-state index in [9.17, 15) is 0 Å². The fourth-order valence-corrected chi connectivity index (χ4v) is 3.09. The molecule has 0 N–H and O–H groups in total. The van der Waals surface area contributed by atoms with Crippen molar-refractivity contribution in [1.82, 2.24) is 0 Å². The maximum Gasteiger partial charge on any atom is 0.181 e. The lowest BCUT2D eigenvalue weighted by Gasteiger charge is -2.14. The van der Waals surface area contributed by atoms with Crippen LogP contribution in [0.2, 0.25) is 0 Å². The van der Waals surface area contributed by atoms with E-state index in [-0.39, 0.29) is 6.29 Å². The third kappa shape index (κ3) is 12.5. The zero-order valence-corrected chi connectivity index (χ0v) is 15.3. The molecule has 0 aromatic rings. The summed E-state index contributed by atoms with van der Waals surface area (Å²) in [6.45, 7) is 5.32. The lowest BCUT2D eigenvalue weighted by Crippen LogP contribution is -2.13. The molecule has 0 aliphatic carbocycles. The van der Waals surface area contributed by atoms with Crippen molar-refractivity contribution in [2.45, 2.75) is 123 Å². The van der Waals surface area contributed by atoms with Gasteiger partial charge in [0.2, 0.25) is 0 Å². The summed E-state index contributed by atoms with van der Waals surface area (Å²) in [6, 6.07) is 0. The Morgan fingerprint density at radius 1 is 0.773 bits per heavy atom. The second-order valence-corrected chi connectivity index (χ2v) is 6.96. The summed E-state index contributed by atoms with van der Waals surface area (Å²) in [5.41, 5.74) is 0. The Morgan fingerprint density at radius 3 is 1.64 bits per heavy atom. The number of hydrogen-bond donors (Lipinski definition) is 0. The van der Waals surface area contributed by atoms with E-state index in [1.807, 2.05) is 0 Å². The average molecular weight is 313 g/mol. The molecule has 2 atom stereocenters. The zero-order valence-electron chi connectivity index (χ0n) is 15.3. The largest absolute Gasteiger partial charge is 0.347 e. The van der Waals surface area contributed by atoms with Crippen LogP contribution in [0.5, 0.6) is 0 Å². The molecule has 2 nitrogen and oxygen atoms in total. The van der Waals surface area contributed by atoms with Gasteiger partial charge in [0, 0.05) is 0 Å². The molecule has 0 spiro atoms. The molecule has 0 aromatic heterocycles. The van der Waals surface area contributed by atoms with Crippen LogP contribution in [0.4, 0.5) is 0 Å². The predicted molar refractivity (Wildman–Crippen MR) is 95.2 cm³/mol. The van der Waals surface area contributed by atoms with Crippen molar-refractivity contribution < 1.29 is 9.47 Å². The zero-order chi connectivity index (χ0) is 15.9. The number of rotatable bonds is 17. The van der Waals surface area contributed by atoms with Gasteiger partial charge in [0.25, 0.3) is 0 Å². The Labute approximate surface area is 139 Å². The Hall–Kier alpha value is -0.0800. The molecule has 1 heterocycles. The quantitative estimate of drug-likeness (QED) is 0.222. The second kappa shape index (κ2) is 14.5. The van der Waals surface area contributed by atoms with Crippen LogP contribution < -0.4 is 0 Å². The minimum atomic E-state index is 0.131. The summed E-state index contributed by atoms with van der Waals surface area (Å²) in [5.74, 6) is 0. The van der Waals surface area contributed by atoms with Gasteiger partial charge in [-0.3, -0.25) is 0 Å². The maximum atomic E-state index is 5.80. The van der Waals surface area contributed by atoms with E-state index in [0.29, 0.717) is 6.10 Å². The van der Waals surface area contributed by atoms with Crippen LogP contribution in [0.15, 0.2) is 0 Å². The number of unbranched alkanes of at least 4 members (excludes halogenated alkanes) is 12. The lowest BCUT2D eigenvalue weighted by atomic mass is 10.0. The van der Waals surface area contributed by atoms with Crippen molar-refractivity contribution in [2.75, 3.05) is 6.61 Å². The van der Waals surface area contributed by atoms with E-state index in [1.165, 1.54) is 89.9 Å². The van der Waals surface area contributed by atoms with Crippen LogP contribution in [-0.2, 0) is 9.47 Å². The standard InChI is InChI=1S/C20H40O2/c1-3-5-6-7-8-9-10-11-12-13-14-15-16-17-19(4-2)22-20-18-21-20/h19-20H,3-18H2,1-2H3. The fraction of sp³-hybridized carbons (Fsp3) is 1.00. The summed E-state index contributed by atoms with van der Waals surface area (Å²) in [4.78, 5) is 0. The second-order valence-electron chi connectivity index (χ2n) is 6.96. The van der Waals surface area contributed by atoms with E-state index < -0.39 is 0 Å². The fourth-order valence-electron chi connectivity index (χ4n) is 3.09. The minimum absolute atomic E-state index is 0.131. The van der Waals surface area contributed by atoms with Gasteiger partial charge in [0.15, 0.2) is 6.29 Å². The van der Waals surface area contributed by atoms with Crippen LogP contribution >= 0.6 is 0 Å². The normalized spacial score (nSPS) is 18.5. The molecular formula is C20H40O2. The Morgan fingerprint density at radius 2 is 1.23 bits per heavy atom. The first-order valence-corrected chi connectivity index (χ1v) is 10.1. The molecule has 0 radical (unpaired) electrons. The average Bonchev–Trinajstić information content (AvgIpc) is 3.34. The molecule has 0 amide bonds. The van der Waals surface area contributed by atoms with E-state index in [4.69, 9.17) is 9.47 Å². The van der Waals surface area contributed by atoms with E-state index >= 15 is 0 Å². The molecular weight excluding hydrogens is 272 g/mol. The molecule has 0 bridgehead atoms. The highest BCUT2D eigenvalue weighted by molar-refractivity contribution is 4.63.